The molecule has 11 nitrogen and oxygen atoms in total. The first kappa shape index (κ1) is 39.8. The maximum Gasteiger partial charge on any atom is 0.318 e. The van der Waals surface area contributed by atoms with E-state index in [2.05, 4.69) is 26.6 Å². The fourth-order valence-electron chi connectivity index (χ4n) is 5.86. The van der Waals surface area contributed by atoms with Gasteiger partial charge in [0.2, 0.25) is 23.6 Å². The van der Waals surface area contributed by atoms with Crippen LogP contribution in [-0.2, 0) is 32.1 Å². The Kier molecular flexibility index (Phi) is 14.6. The van der Waals surface area contributed by atoms with E-state index in [1.54, 1.807) is 24.3 Å². The highest BCUT2D eigenvalue weighted by Gasteiger charge is 2.32. The highest BCUT2D eigenvalue weighted by atomic mass is 35.5. The molecule has 13 heteroatoms. The average Bonchev–Trinajstić information content (AvgIpc) is 3.11. The Morgan fingerprint density at radius 2 is 1.52 bits per heavy atom. The monoisotopic (exact) mass is 734 g/mol. The summed E-state index contributed by atoms with van der Waals surface area (Å²) in [6.07, 6.45) is 1.45. The molecule has 3 aromatic carbocycles. The first-order chi connectivity index (χ1) is 24.8. The molecule has 0 aromatic heterocycles. The second-order valence-corrected chi connectivity index (χ2v) is 14.4. The lowest BCUT2D eigenvalue weighted by Crippen LogP contribution is -2.56. The predicted octanol–water partition coefficient (Wildman–Crippen LogP) is 5.34. The summed E-state index contributed by atoms with van der Waals surface area (Å²) in [5.74, 6) is -2.42. The quantitative estimate of drug-likeness (QED) is 0.152. The van der Waals surface area contributed by atoms with Crippen LogP contribution in [0.2, 0.25) is 5.02 Å². The molecule has 0 aliphatic carbocycles. The minimum Gasteiger partial charge on any atom is -0.352 e. The maximum atomic E-state index is 13.9. The van der Waals surface area contributed by atoms with Crippen LogP contribution in [0, 0.1) is 11.7 Å². The number of hydrogen-bond acceptors (Lipinski definition) is 5. The van der Waals surface area contributed by atoms with Crippen molar-refractivity contribution in [3.05, 3.63) is 101 Å². The van der Waals surface area contributed by atoms with Gasteiger partial charge >= 0.3 is 6.03 Å². The van der Waals surface area contributed by atoms with Crippen LogP contribution in [-0.4, -0.2) is 65.3 Å². The second kappa shape index (κ2) is 19.0. The smallest absolute Gasteiger partial charge is 0.318 e. The van der Waals surface area contributed by atoms with Gasteiger partial charge in [0.15, 0.2) is 0 Å². The third kappa shape index (κ3) is 13.0. The van der Waals surface area contributed by atoms with Crippen molar-refractivity contribution in [1.29, 1.82) is 0 Å². The normalized spacial score (nSPS) is 14.4. The van der Waals surface area contributed by atoms with E-state index in [1.165, 1.54) is 23.1 Å². The topological polar surface area (TPSA) is 149 Å². The van der Waals surface area contributed by atoms with Gasteiger partial charge in [0, 0.05) is 48.2 Å². The number of hydrogen-bond donors (Lipinski definition) is 5. The zero-order chi connectivity index (χ0) is 37.7. The second-order valence-electron chi connectivity index (χ2n) is 14.0. The van der Waals surface area contributed by atoms with Gasteiger partial charge in [0.25, 0.3) is 0 Å². The van der Waals surface area contributed by atoms with Crippen LogP contribution in [0.25, 0.3) is 0 Å². The number of rotatable bonds is 14. The van der Waals surface area contributed by atoms with Crippen LogP contribution >= 0.6 is 11.6 Å². The number of carbonyl (C=O) groups is 5. The number of nitrogens with one attached hydrogen (secondary N) is 5. The first-order valence-electron chi connectivity index (χ1n) is 17.6. The molecule has 6 amide bonds. The number of amides is 6. The van der Waals surface area contributed by atoms with Crippen LogP contribution in [0.1, 0.15) is 64.0 Å². The number of anilines is 1. The Hall–Kier alpha value is -4.97. The Labute approximate surface area is 309 Å². The standard InChI is InChI=1S/C39H48ClFN6O5/c1-39(2,3)46-34(48)19-18-33(45-38(52)47-22-20-27(21-23-47)35(49)43-30-14-9-13-29(41)24-30)37(51)44-32(17-16-26-10-5-4-6-11-26)36(50)42-25-28-12-7-8-15-31(28)40/h4-15,24,27,32-33H,16-23,25H2,1-3H3,(H,42,50)(H,43,49)(H,44,51)(H,45,52)(H,46,48)/t32-,33-/m0/s1. The van der Waals surface area contributed by atoms with Gasteiger partial charge in [0.1, 0.15) is 17.9 Å². The van der Waals surface area contributed by atoms with Crippen molar-refractivity contribution in [1.82, 2.24) is 26.2 Å². The third-order valence-electron chi connectivity index (χ3n) is 8.64. The zero-order valence-electron chi connectivity index (χ0n) is 29.8. The van der Waals surface area contributed by atoms with Crippen molar-refractivity contribution in [2.24, 2.45) is 5.92 Å². The van der Waals surface area contributed by atoms with Gasteiger partial charge in [-0.3, -0.25) is 19.2 Å². The molecule has 3 aromatic rings. The van der Waals surface area contributed by atoms with Crippen LogP contribution in [0.4, 0.5) is 14.9 Å². The average molecular weight is 735 g/mol. The first-order valence-corrected chi connectivity index (χ1v) is 17.9. The molecule has 52 heavy (non-hydrogen) atoms. The number of piperidine rings is 1. The molecule has 0 radical (unpaired) electrons. The molecule has 4 rings (SSSR count). The molecule has 1 heterocycles. The van der Waals surface area contributed by atoms with E-state index in [1.807, 2.05) is 57.2 Å². The summed E-state index contributed by atoms with van der Waals surface area (Å²) in [6.45, 7) is 6.18. The number of carbonyl (C=O) groups excluding carboxylic acids is 5. The SMILES string of the molecule is CC(C)(C)NC(=O)CC[C@H](NC(=O)N1CCC(C(=O)Nc2cccc(F)c2)CC1)C(=O)N[C@@H](CCc1ccccc1)C(=O)NCc1ccccc1Cl. The number of likely N-dealkylation sites (tertiary alicyclic amines) is 1. The Bertz CT molecular complexity index is 1690. The summed E-state index contributed by atoms with van der Waals surface area (Å²) >= 11 is 6.30. The lowest BCUT2D eigenvalue weighted by molar-refractivity contribution is -0.130. The predicted molar refractivity (Wildman–Crippen MR) is 199 cm³/mol. The van der Waals surface area contributed by atoms with Crippen LogP contribution in [0.15, 0.2) is 78.9 Å². The van der Waals surface area contributed by atoms with Crippen molar-refractivity contribution in [3.8, 4) is 0 Å². The zero-order valence-corrected chi connectivity index (χ0v) is 30.6. The highest BCUT2D eigenvalue weighted by molar-refractivity contribution is 6.31. The van der Waals surface area contributed by atoms with E-state index in [9.17, 15) is 28.4 Å². The summed E-state index contributed by atoms with van der Waals surface area (Å²) in [7, 11) is 0. The third-order valence-corrected chi connectivity index (χ3v) is 9.01. The highest BCUT2D eigenvalue weighted by Crippen LogP contribution is 2.21. The van der Waals surface area contributed by atoms with Crippen molar-refractivity contribution < 1.29 is 28.4 Å². The minimum absolute atomic E-state index is 0.0152. The minimum atomic E-state index is -1.14. The van der Waals surface area contributed by atoms with Crippen molar-refractivity contribution in [2.75, 3.05) is 18.4 Å². The van der Waals surface area contributed by atoms with Crippen LogP contribution < -0.4 is 26.6 Å². The number of aryl methyl sites for hydroxylation is 1. The fourth-order valence-corrected chi connectivity index (χ4v) is 6.07. The van der Waals surface area contributed by atoms with Gasteiger partial charge in [0.05, 0.1) is 0 Å². The van der Waals surface area contributed by atoms with Crippen LogP contribution in [0.5, 0.6) is 0 Å². The van der Waals surface area contributed by atoms with Gasteiger partial charge in [-0.25, -0.2) is 9.18 Å². The fraction of sp³-hybridized carbons (Fsp3) is 0.410. The molecule has 1 saturated heterocycles. The Balaban J connectivity index is 1.43. The number of nitrogens with zero attached hydrogens (tertiary/aromatic N) is 1. The summed E-state index contributed by atoms with van der Waals surface area (Å²) in [4.78, 5) is 68.1. The summed E-state index contributed by atoms with van der Waals surface area (Å²) in [5.41, 5.74) is 1.56. The number of urea groups is 1. The van der Waals surface area contributed by atoms with E-state index < -0.39 is 41.3 Å². The maximum absolute atomic E-state index is 13.9. The van der Waals surface area contributed by atoms with E-state index in [4.69, 9.17) is 11.6 Å². The Morgan fingerprint density at radius 1 is 0.846 bits per heavy atom. The number of benzene rings is 3. The molecular formula is C39H48ClFN6O5. The van der Waals surface area contributed by atoms with E-state index in [0.29, 0.717) is 30.0 Å². The van der Waals surface area contributed by atoms with Crippen LogP contribution in [0.3, 0.4) is 0 Å². The lowest BCUT2D eigenvalue weighted by Gasteiger charge is -2.33. The Morgan fingerprint density at radius 3 is 2.19 bits per heavy atom. The molecule has 0 spiro atoms. The molecule has 1 fully saturated rings. The molecule has 0 unspecified atom stereocenters. The molecule has 278 valence electrons. The molecule has 2 atom stereocenters. The van der Waals surface area contributed by atoms with Crippen molar-refractivity contribution in [2.45, 2.75) is 83.5 Å². The van der Waals surface area contributed by atoms with Gasteiger partial charge in [-0.1, -0.05) is 66.2 Å². The molecular weight excluding hydrogens is 687 g/mol. The van der Waals surface area contributed by atoms with Gasteiger partial charge in [-0.05, 0) is 88.3 Å². The van der Waals surface area contributed by atoms with Crippen molar-refractivity contribution in [3.63, 3.8) is 0 Å². The van der Waals surface area contributed by atoms with E-state index in [-0.39, 0.29) is 56.6 Å². The van der Waals surface area contributed by atoms with Gasteiger partial charge in [-0.15, -0.1) is 0 Å². The largest absolute Gasteiger partial charge is 0.352 e. The van der Waals surface area contributed by atoms with E-state index in [0.717, 1.165) is 11.1 Å². The molecule has 0 saturated carbocycles. The lowest BCUT2D eigenvalue weighted by atomic mass is 9.96. The number of halogens is 2. The summed E-state index contributed by atoms with van der Waals surface area (Å²) in [5, 5.41) is 14.6. The molecule has 1 aliphatic rings. The molecule has 0 bridgehead atoms. The van der Waals surface area contributed by atoms with Gasteiger partial charge in [-0.2, -0.15) is 0 Å². The summed E-state index contributed by atoms with van der Waals surface area (Å²) in [6, 6.07) is 19.7. The molecule has 5 N–H and O–H groups in total. The molecule has 1 aliphatic heterocycles. The van der Waals surface area contributed by atoms with Gasteiger partial charge < -0.3 is 31.5 Å². The van der Waals surface area contributed by atoms with Crippen molar-refractivity contribution >= 4 is 46.9 Å². The van der Waals surface area contributed by atoms with E-state index >= 15 is 0 Å². The summed E-state index contributed by atoms with van der Waals surface area (Å²) < 4.78 is 13.6.